The van der Waals surface area contributed by atoms with E-state index in [0.717, 1.165) is 14.4 Å². The molecule has 7 heteroatoms. The van der Waals surface area contributed by atoms with Gasteiger partial charge in [-0.15, -0.1) is 0 Å². The molecule has 92 valence electrons. The van der Waals surface area contributed by atoms with Crippen molar-refractivity contribution in [1.29, 1.82) is 0 Å². The third-order valence-corrected chi connectivity index (χ3v) is 4.00. The Morgan fingerprint density at radius 1 is 1.39 bits per heavy atom. The highest BCUT2D eigenvalue weighted by molar-refractivity contribution is 9.10. The summed E-state index contributed by atoms with van der Waals surface area (Å²) in [4.78, 5) is 9.16. The van der Waals surface area contributed by atoms with Gasteiger partial charge in [0.15, 0.2) is 5.84 Å². The first-order valence-electron chi connectivity index (χ1n) is 4.92. The molecule has 0 atom stereocenters. The fourth-order valence-corrected chi connectivity index (χ4v) is 2.62. The van der Waals surface area contributed by atoms with Crippen LogP contribution in [0.1, 0.15) is 5.56 Å². The fourth-order valence-electron chi connectivity index (χ4n) is 1.25. The molecule has 1 aromatic carbocycles. The summed E-state index contributed by atoms with van der Waals surface area (Å²) in [6, 6.07) is 5.43. The predicted octanol–water partition coefficient (Wildman–Crippen LogP) is 2.48. The van der Waals surface area contributed by atoms with Crippen LogP contribution in [0.4, 0.5) is 0 Å². The van der Waals surface area contributed by atoms with Gasteiger partial charge in [-0.25, -0.2) is 4.98 Å². The number of benzene rings is 1. The van der Waals surface area contributed by atoms with E-state index in [2.05, 4.69) is 31.1 Å². The molecule has 0 amide bonds. The van der Waals surface area contributed by atoms with Gasteiger partial charge < -0.3 is 10.9 Å². The van der Waals surface area contributed by atoms with Crippen molar-refractivity contribution in [3.05, 3.63) is 46.8 Å². The Morgan fingerprint density at radius 2 is 2.22 bits per heavy atom. The predicted molar refractivity (Wildman–Crippen MR) is 72.8 cm³/mol. The quantitative estimate of drug-likeness (QED) is 0.392. The SMILES string of the molecule is N/C(=N/O)c1ccc(Sc2cnccn2)c(Br)c1. The molecular weight excluding hydrogens is 316 g/mol. The molecule has 0 radical (unpaired) electrons. The second kappa shape index (κ2) is 5.83. The number of amidine groups is 1. The van der Waals surface area contributed by atoms with Crippen LogP contribution >= 0.6 is 27.7 Å². The Labute approximate surface area is 116 Å². The van der Waals surface area contributed by atoms with Crippen molar-refractivity contribution in [2.45, 2.75) is 9.92 Å². The highest BCUT2D eigenvalue weighted by atomic mass is 79.9. The molecule has 0 aliphatic rings. The van der Waals surface area contributed by atoms with Crippen LogP contribution < -0.4 is 5.73 Å². The maximum Gasteiger partial charge on any atom is 0.170 e. The molecule has 1 heterocycles. The summed E-state index contributed by atoms with van der Waals surface area (Å²) in [5.41, 5.74) is 6.16. The van der Waals surface area contributed by atoms with E-state index >= 15 is 0 Å². The zero-order valence-corrected chi connectivity index (χ0v) is 11.5. The van der Waals surface area contributed by atoms with Crippen molar-refractivity contribution in [2.24, 2.45) is 10.9 Å². The normalized spacial score (nSPS) is 11.5. The van der Waals surface area contributed by atoms with E-state index in [9.17, 15) is 0 Å². The van der Waals surface area contributed by atoms with Gasteiger partial charge >= 0.3 is 0 Å². The number of aromatic nitrogens is 2. The maximum absolute atomic E-state index is 8.61. The largest absolute Gasteiger partial charge is 0.409 e. The van der Waals surface area contributed by atoms with E-state index in [-0.39, 0.29) is 5.84 Å². The smallest absolute Gasteiger partial charge is 0.170 e. The number of rotatable bonds is 3. The standard InChI is InChI=1S/C11H9BrN4OS/c12-8-5-7(11(13)16-17)1-2-9(8)18-10-6-14-3-4-15-10/h1-6,17H,(H2,13,16). The van der Waals surface area contributed by atoms with Crippen LogP contribution in [0.25, 0.3) is 0 Å². The lowest BCUT2D eigenvalue weighted by Crippen LogP contribution is -2.12. The van der Waals surface area contributed by atoms with Crippen LogP contribution in [0.3, 0.4) is 0 Å². The van der Waals surface area contributed by atoms with E-state index < -0.39 is 0 Å². The lowest BCUT2D eigenvalue weighted by atomic mass is 10.2. The molecule has 0 bridgehead atoms. The van der Waals surface area contributed by atoms with Gasteiger partial charge in [-0.3, -0.25) is 4.98 Å². The zero-order valence-electron chi connectivity index (χ0n) is 9.12. The van der Waals surface area contributed by atoms with Crippen molar-refractivity contribution in [3.8, 4) is 0 Å². The molecule has 2 rings (SSSR count). The van der Waals surface area contributed by atoms with Crippen molar-refractivity contribution in [1.82, 2.24) is 9.97 Å². The number of nitrogens with two attached hydrogens (primary N) is 1. The lowest BCUT2D eigenvalue weighted by Gasteiger charge is -2.05. The van der Waals surface area contributed by atoms with Gasteiger partial charge in [-0.1, -0.05) is 16.9 Å². The molecule has 0 aliphatic carbocycles. The summed E-state index contributed by atoms with van der Waals surface area (Å²) in [6.45, 7) is 0. The van der Waals surface area contributed by atoms with E-state index in [1.54, 1.807) is 30.7 Å². The Kier molecular flexibility index (Phi) is 4.16. The maximum atomic E-state index is 8.61. The van der Waals surface area contributed by atoms with Crippen molar-refractivity contribution in [2.75, 3.05) is 0 Å². The van der Waals surface area contributed by atoms with Crippen LogP contribution in [0, 0.1) is 0 Å². The minimum absolute atomic E-state index is 0.0757. The van der Waals surface area contributed by atoms with Gasteiger partial charge in [0.2, 0.25) is 0 Å². The van der Waals surface area contributed by atoms with Crippen LogP contribution in [0.5, 0.6) is 0 Å². The first-order chi connectivity index (χ1) is 8.70. The van der Waals surface area contributed by atoms with Crippen molar-refractivity contribution < 1.29 is 5.21 Å². The van der Waals surface area contributed by atoms with Crippen LogP contribution in [-0.2, 0) is 0 Å². The first kappa shape index (κ1) is 12.8. The number of hydrogen-bond acceptors (Lipinski definition) is 5. The Bertz CT molecular complexity index is 577. The van der Waals surface area contributed by atoms with Gasteiger partial charge in [0.25, 0.3) is 0 Å². The molecule has 0 spiro atoms. The monoisotopic (exact) mass is 324 g/mol. The number of nitrogens with zero attached hydrogens (tertiary/aromatic N) is 3. The third kappa shape index (κ3) is 2.99. The second-order valence-electron chi connectivity index (χ2n) is 3.28. The summed E-state index contributed by atoms with van der Waals surface area (Å²) < 4.78 is 0.849. The molecule has 18 heavy (non-hydrogen) atoms. The Morgan fingerprint density at radius 3 is 2.83 bits per heavy atom. The second-order valence-corrected chi connectivity index (χ2v) is 5.19. The molecule has 2 aromatic rings. The Balaban J connectivity index is 2.26. The lowest BCUT2D eigenvalue weighted by molar-refractivity contribution is 0.318. The molecule has 1 aromatic heterocycles. The summed E-state index contributed by atoms with van der Waals surface area (Å²) in [7, 11) is 0. The number of oxime groups is 1. The summed E-state index contributed by atoms with van der Waals surface area (Å²) in [6.07, 6.45) is 4.95. The number of halogens is 1. The minimum Gasteiger partial charge on any atom is -0.409 e. The first-order valence-corrected chi connectivity index (χ1v) is 6.53. The van der Waals surface area contributed by atoms with Gasteiger partial charge in [-0.05, 0) is 34.1 Å². The van der Waals surface area contributed by atoms with Gasteiger partial charge in [-0.2, -0.15) is 0 Å². The molecule has 0 unspecified atom stereocenters. The summed E-state index contributed by atoms with van der Waals surface area (Å²) in [5.74, 6) is 0.0757. The van der Waals surface area contributed by atoms with Crippen molar-refractivity contribution >= 4 is 33.5 Å². The average Bonchev–Trinajstić information content (AvgIpc) is 2.41. The molecule has 0 aliphatic heterocycles. The van der Waals surface area contributed by atoms with E-state index in [1.165, 1.54) is 11.8 Å². The topological polar surface area (TPSA) is 84.4 Å². The molecule has 0 fully saturated rings. The van der Waals surface area contributed by atoms with Gasteiger partial charge in [0.05, 0.1) is 6.20 Å². The molecule has 0 saturated carbocycles. The van der Waals surface area contributed by atoms with E-state index in [0.29, 0.717) is 5.56 Å². The highest BCUT2D eigenvalue weighted by Crippen LogP contribution is 2.32. The summed E-state index contributed by atoms with van der Waals surface area (Å²) >= 11 is 4.92. The minimum atomic E-state index is 0.0757. The van der Waals surface area contributed by atoms with Gasteiger partial charge in [0, 0.05) is 27.3 Å². The molecule has 5 nitrogen and oxygen atoms in total. The fraction of sp³-hybridized carbons (Fsp3) is 0. The Hall–Kier alpha value is -1.60. The molecule has 0 saturated heterocycles. The summed E-state index contributed by atoms with van der Waals surface area (Å²) in [5, 5.41) is 12.4. The average molecular weight is 325 g/mol. The van der Waals surface area contributed by atoms with Crippen LogP contribution in [-0.4, -0.2) is 21.0 Å². The highest BCUT2D eigenvalue weighted by Gasteiger charge is 2.06. The third-order valence-electron chi connectivity index (χ3n) is 2.09. The van der Waals surface area contributed by atoms with E-state index in [1.807, 2.05) is 6.07 Å². The molecule has 3 N–H and O–H groups in total. The number of hydrogen-bond donors (Lipinski definition) is 2. The van der Waals surface area contributed by atoms with Crippen LogP contribution in [0.2, 0.25) is 0 Å². The van der Waals surface area contributed by atoms with Crippen molar-refractivity contribution in [3.63, 3.8) is 0 Å². The van der Waals surface area contributed by atoms with Crippen LogP contribution in [0.15, 0.2) is 56.3 Å². The zero-order chi connectivity index (χ0) is 13.0. The molecular formula is C11H9BrN4OS. The van der Waals surface area contributed by atoms with E-state index in [4.69, 9.17) is 10.9 Å². The van der Waals surface area contributed by atoms with Gasteiger partial charge in [0.1, 0.15) is 5.03 Å².